The largest absolute Gasteiger partial charge is 0.489 e. The highest BCUT2D eigenvalue weighted by molar-refractivity contribution is 6.32. The zero-order valence-corrected chi connectivity index (χ0v) is 13.5. The molecule has 0 saturated heterocycles. The van der Waals surface area contributed by atoms with Gasteiger partial charge in [-0.05, 0) is 37.3 Å². The van der Waals surface area contributed by atoms with E-state index in [4.69, 9.17) is 9.15 Å². The minimum absolute atomic E-state index is 0.00940. The first kappa shape index (κ1) is 15.1. The van der Waals surface area contributed by atoms with Crippen molar-refractivity contribution in [2.75, 3.05) is 0 Å². The Labute approximate surface area is 144 Å². The molecule has 0 saturated carbocycles. The van der Waals surface area contributed by atoms with Crippen molar-refractivity contribution < 1.29 is 9.15 Å². The van der Waals surface area contributed by atoms with Gasteiger partial charge in [0.15, 0.2) is 0 Å². The minimum atomic E-state index is -0.00940. The van der Waals surface area contributed by atoms with Crippen molar-refractivity contribution >= 4 is 22.3 Å². The fourth-order valence-corrected chi connectivity index (χ4v) is 2.73. The van der Waals surface area contributed by atoms with E-state index in [9.17, 15) is 5.26 Å². The molecule has 0 radical (unpaired) electrons. The van der Waals surface area contributed by atoms with Crippen LogP contribution in [0.5, 0.6) is 5.75 Å². The second-order valence-corrected chi connectivity index (χ2v) is 5.76. The predicted molar refractivity (Wildman–Crippen MR) is 93.1 cm³/mol. The Morgan fingerprint density at radius 2 is 2.08 bits per heavy atom. The maximum absolute atomic E-state index is 9.22. The number of aliphatic imine (C=N–C) groups is 1. The number of aromatic nitrogens is 2. The van der Waals surface area contributed by atoms with Gasteiger partial charge in [-0.1, -0.05) is 0 Å². The molecule has 1 aromatic carbocycles. The van der Waals surface area contributed by atoms with E-state index in [1.807, 2.05) is 37.3 Å². The molecule has 1 aliphatic rings. The van der Waals surface area contributed by atoms with E-state index in [1.54, 1.807) is 12.4 Å². The van der Waals surface area contributed by atoms with Crippen LogP contribution in [0.1, 0.15) is 18.2 Å². The molecule has 3 heterocycles. The third kappa shape index (κ3) is 3.00. The molecule has 0 amide bonds. The van der Waals surface area contributed by atoms with Gasteiger partial charge in [0.2, 0.25) is 0 Å². The van der Waals surface area contributed by atoms with Gasteiger partial charge >= 0.3 is 0 Å². The molecular formula is C19H14N4O2. The monoisotopic (exact) mass is 330 g/mol. The van der Waals surface area contributed by atoms with Crippen molar-refractivity contribution in [2.45, 2.75) is 19.6 Å². The van der Waals surface area contributed by atoms with Crippen LogP contribution < -0.4 is 4.74 Å². The Morgan fingerprint density at radius 1 is 1.24 bits per heavy atom. The molecular weight excluding hydrogens is 316 g/mol. The molecule has 0 aliphatic carbocycles. The molecule has 0 spiro atoms. The van der Waals surface area contributed by atoms with Crippen molar-refractivity contribution in [1.82, 2.24) is 9.97 Å². The van der Waals surface area contributed by atoms with E-state index in [2.05, 4.69) is 21.0 Å². The number of nitriles is 1. The number of furan rings is 1. The summed E-state index contributed by atoms with van der Waals surface area (Å²) >= 11 is 0. The lowest BCUT2D eigenvalue weighted by atomic mass is 10.1. The summed E-state index contributed by atoms with van der Waals surface area (Å²) in [6.45, 7) is 2.33. The highest BCUT2D eigenvalue weighted by atomic mass is 16.5. The van der Waals surface area contributed by atoms with E-state index in [1.165, 1.54) is 6.33 Å². The fourth-order valence-electron chi connectivity index (χ4n) is 2.73. The highest BCUT2D eigenvalue weighted by Crippen LogP contribution is 2.31. The SMILES string of the molecule is CC1C=C(c2cc3cc(OCc4cncnc4)ccc3o2)C(C#N)=N1. The summed E-state index contributed by atoms with van der Waals surface area (Å²) in [4.78, 5) is 12.2. The summed E-state index contributed by atoms with van der Waals surface area (Å²) in [7, 11) is 0. The van der Waals surface area contributed by atoms with Crippen LogP contribution in [0.4, 0.5) is 0 Å². The number of rotatable bonds is 4. The Balaban J connectivity index is 1.59. The van der Waals surface area contributed by atoms with Crippen LogP contribution in [0.3, 0.4) is 0 Å². The smallest absolute Gasteiger partial charge is 0.146 e. The van der Waals surface area contributed by atoms with E-state index in [0.717, 1.165) is 27.9 Å². The summed E-state index contributed by atoms with van der Waals surface area (Å²) in [5, 5.41) is 10.1. The van der Waals surface area contributed by atoms with Crippen LogP contribution in [-0.2, 0) is 6.61 Å². The van der Waals surface area contributed by atoms with Crippen molar-refractivity contribution in [3.05, 3.63) is 60.4 Å². The molecule has 3 aromatic rings. The van der Waals surface area contributed by atoms with Crippen molar-refractivity contribution in [1.29, 1.82) is 5.26 Å². The Kier molecular flexibility index (Phi) is 3.75. The molecule has 4 rings (SSSR count). The summed E-state index contributed by atoms with van der Waals surface area (Å²) in [5.41, 5.74) is 2.79. The zero-order valence-electron chi connectivity index (χ0n) is 13.5. The molecule has 25 heavy (non-hydrogen) atoms. The lowest BCUT2D eigenvalue weighted by molar-refractivity contribution is 0.305. The van der Waals surface area contributed by atoms with Crippen LogP contribution in [0.25, 0.3) is 16.5 Å². The standard InChI is InChI=1S/C19H14N4O2/c1-12-4-16(17(7-20)23-12)19-6-14-5-15(2-3-18(14)25-19)24-10-13-8-21-11-22-9-13/h2-6,8-9,11-12H,10H2,1H3. The first-order valence-electron chi connectivity index (χ1n) is 7.83. The predicted octanol–water partition coefficient (Wildman–Crippen LogP) is 3.55. The number of hydrogen-bond donors (Lipinski definition) is 0. The number of allylic oxidation sites excluding steroid dienone is 1. The average Bonchev–Trinajstić information content (AvgIpc) is 3.23. The van der Waals surface area contributed by atoms with Crippen molar-refractivity contribution in [2.24, 2.45) is 4.99 Å². The van der Waals surface area contributed by atoms with Gasteiger partial charge in [0.05, 0.1) is 11.6 Å². The van der Waals surface area contributed by atoms with Crippen LogP contribution >= 0.6 is 0 Å². The van der Waals surface area contributed by atoms with Crippen LogP contribution in [0.15, 0.2) is 58.5 Å². The molecule has 1 atom stereocenters. The van der Waals surface area contributed by atoms with Gasteiger partial charge < -0.3 is 9.15 Å². The number of hydrogen-bond acceptors (Lipinski definition) is 6. The first-order valence-corrected chi connectivity index (χ1v) is 7.83. The van der Waals surface area contributed by atoms with E-state index in [0.29, 0.717) is 18.1 Å². The van der Waals surface area contributed by atoms with Gasteiger partial charge in [0.1, 0.15) is 41.8 Å². The normalized spacial score (nSPS) is 16.4. The van der Waals surface area contributed by atoms with Crippen LogP contribution in [-0.4, -0.2) is 21.7 Å². The number of nitrogens with zero attached hydrogens (tertiary/aromatic N) is 4. The molecule has 0 fully saturated rings. The maximum atomic E-state index is 9.22. The molecule has 122 valence electrons. The van der Waals surface area contributed by atoms with Gasteiger partial charge in [-0.25, -0.2) is 9.97 Å². The van der Waals surface area contributed by atoms with Gasteiger partial charge in [0.25, 0.3) is 0 Å². The van der Waals surface area contributed by atoms with Crippen molar-refractivity contribution in [3.63, 3.8) is 0 Å². The highest BCUT2D eigenvalue weighted by Gasteiger charge is 2.21. The molecule has 6 nitrogen and oxygen atoms in total. The molecule has 0 bridgehead atoms. The number of benzene rings is 1. The second-order valence-electron chi connectivity index (χ2n) is 5.76. The summed E-state index contributed by atoms with van der Waals surface area (Å²) in [6.07, 6.45) is 6.86. The van der Waals surface area contributed by atoms with Gasteiger partial charge in [-0.2, -0.15) is 5.26 Å². The van der Waals surface area contributed by atoms with Crippen LogP contribution in [0.2, 0.25) is 0 Å². The van der Waals surface area contributed by atoms with Gasteiger partial charge in [-0.15, -0.1) is 0 Å². The molecule has 1 unspecified atom stereocenters. The van der Waals surface area contributed by atoms with E-state index >= 15 is 0 Å². The van der Waals surface area contributed by atoms with E-state index in [-0.39, 0.29) is 6.04 Å². The summed E-state index contributed by atoms with van der Waals surface area (Å²) in [6, 6.07) is 9.64. The van der Waals surface area contributed by atoms with Crippen molar-refractivity contribution in [3.8, 4) is 11.8 Å². The molecule has 2 aromatic heterocycles. The topological polar surface area (TPSA) is 84.3 Å². The minimum Gasteiger partial charge on any atom is -0.489 e. The number of fused-ring (bicyclic) bond motifs is 1. The molecule has 0 N–H and O–H groups in total. The van der Waals surface area contributed by atoms with Gasteiger partial charge in [-0.3, -0.25) is 4.99 Å². The first-order chi connectivity index (χ1) is 12.2. The average molecular weight is 330 g/mol. The third-order valence-corrected chi connectivity index (χ3v) is 3.87. The van der Waals surface area contributed by atoms with E-state index < -0.39 is 0 Å². The Hall–Kier alpha value is -3.46. The lowest BCUT2D eigenvalue weighted by Crippen LogP contribution is -1.96. The summed E-state index contributed by atoms with van der Waals surface area (Å²) < 4.78 is 11.7. The third-order valence-electron chi connectivity index (χ3n) is 3.87. The maximum Gasteiger partial charge on any atom is 0.146 e. The zero-order chi connectivity index (χ0) is 17.2. The lowest BCUT2D eigenvalue weighted by Gasteiger charge is -2.05. The second kappa shape index (κ2) is 6.21. The Morgan fingerprint density at radius 3 is 2.88 bits per heavy atom. The molecule has 1 aliphatic heterocycles. The fraction of sp³-hybridized carbons (Fsp3) is 0.158. The Bertz CT molecular complexity index is 1030. The van der Waals surface area contributed by atoms with Crippen LogP contribution in [0, 0.1) is 11.3 Å². The van der Waals surface area contributed by atoms with Gasteiger partial charge in [0, 0.05) is 23.3 Å². The number of ether oxygens (including phenoxy) is 1. The molecule has 6 heteroatoms. The summed E-state index contributed by atoms with van der Waals surface area (Å²) in [5.74, 6) is 1.37. The quantitative estimate of drug-likeness (QED) is 0.730.